The van der Waals surface area contributed by atoms with E-state index in [0.29, 0.717) is 19.0 Å². The quantitative estimate of drug-likeness (QED) is 0.630. The minimum absolute atomic E-state index is 0.0361. The fourth-order valence-electron chi connectivity index (χ4n) is 2.66. The van der Waals surface area contributed by atoms with Crippen LogP contribution in [-0.2, 0) is 10.0 Å². The van der Waals surface area contributed by atoms with Gasteiger partial charge < -0.3 is 4.90 Å². The molecule has 0 aromatic rings. The van der Waals surface area contributed by atoms with Gasteiger partial charge in [0.15, 0.2) is 0 Å². The molecular weight excluding hydrogens is 320 g/mol. The summed E-state index contributed by atoms with van der Waals surface area (Å²) >= 11 is 0. The van der Waals surface area contributed by atoms with Gasteiger partial charge in [0.25, 0.3) is 0 Å². The van der Waals surface area contributed by atoms with E-state index in [1.54, 1.807) is 16.5 Å². The summed E-state index contributed by atoms with van der Waals surface area (Å²) in [5.74, 6) is 0.462. The Balaban J connectivity index is 2.53. The zero-order valence-electron chi connectivity index (χ0n) is 15.1. The molecule has 5 heteroatoms. The van der Waals surface area contributed by atoms with E-state index < -0.39 is 10.0 Å². The summed E-state index contributed by atoms with van der Waals surface area (Å²) < 4.78 is 26.4. The molecule has 1 aliphatic heterocycles. The number of nitrogens with zero attached hydrogens (tertiary/aromatic N) is 2. The number of likely N-dealkylation sites (N-methyl/N-ethyl adjacent to an activating group) is 1. The molecule has 24 heavy (non-hydrogen) atoms. The Labute approximate surface area is 147 Å². The third-order valence-electron chi connectivity index (χ3n) is 4.30. The van der Waals surface area contributed by atoms with Crippen LogP contribution in [0.25, 0.3) is 0 Å². The van der Waals surface area contributed by atoms with E-state index in [9.17, 15) is 8.42 Å². The van der Waals surface area contributed by atoms with Gasteiger partial charge in [-0.05, 0) is 37.3 Å². The molecule has 1 saturated heterocycles. The summed E-state index contributed by atoms with van der Waals surface area (Å²) in [4.78, 5) is 1.90. The van der Waals surface area contributed by atoms with Crippen LogP contribution in [0, 0.1) is 5.92 Å². The number of rotatable bonds is 8. The van der Waals surface area contributed by atoms with Crippen LogP contribution in [0.3, 0.4) is 0 Å². The van der Waals surface area contributed by atoms with Gasteiger partial charge >= 0.3 is 0 Å². The molecule has 134 valence electrons. The zero-order valence-corrected chi connectivity index (χ0v) is 15.9. The lowest BCUT2D eigenvalue weighted by molar-refractivity contribution is 0.301. The van der Waals surface area contributed by atoms with Gasteiger partial charge in [0, 0.05) is 32.9 Å². The Morgan fingerprint density at radius 1 is 1.25 bits per heavy atom. The molecule has 0 saturated carbocycles. The average Bonchev–Trinajstić information content (AvgIpc) is 2.55. The first-order valence-corrected chi connectivity index (χ1v) is 9.88. The van der Waals surface area contributed by atoms with Gasteiger partial charge in [-0.3, -0.25) is 0 Å². The van der Waals surface area contributed by atoms with Crippen molar-refractivity contribution in [1.82, 2.24) is 9.21 Å². The zero-order chi connectivity index (χ0) is 18.2. The summed E-state index contributed by atoms with van der Waals surface area (Å²) in [6.07, 6.45) is 12.8. The molecule has 1 aliphatic rings. The third kappa shape index (κ3) is 6.13. The fourth-order valence-corrected chi connectivity index (χ4v) is 4.00. The van der Waals surface area contributed by atoms with Crippen molar-refractivity contribution in [3.63, 3.8) is 0 Å². The van der Waals surface area contributed by atoms with E-state index in [1.165, 1.54) is 5.57 Å². The maximum absolute atomic E-state index is 12.4. The molecule has 0 atom stereocenters. The maximum Gasteiger partial charge on any atom is 0.217 e. The van der Waals surface area contributed by atoms with Crippen LogP contribution in [0.1, 0.15) is 19.8 Å². The topological polar surface area (TPSA) is 40.6 Å². The number of piperidine rings is 1. The molecule has 0 aliphatic carbocycles. The van der Waals surface area contributed by atoms with Crippen molar-refractivity contribution in [1.29, 1.82) is 0 Å². The Hall–Kier alpha value is -1.59. The van der Waals surface area contributed by atoms with Gasteiger partial charge in [-0.1, -0.05) is 43.5 Å². The van der Waals surface area contributed by atoms with Crippen LogP contribution in [0.15, 0.2) is 60.9 Å². The molecule has 0 unspecified atom stereocenters. The molecular formula is C19H30N2O2S. The first kappa shape index (κ1) is 20.5. The summed E-state index contributed by atoms with van der Waals surface area (Å²) in [5, 5.41) is 0. The van der Waals surface area contributed by atoms with E-state index in [1.807, 2.05) is 44.1 Å². The summed E-state index contributed by atoms with van der Waals surface area (Å²) in [6, 6.07) is 0. The second-order valence-electron chi connectivity index (χ2n) is 6.12. The number of allylic oxidation sites excluding steroid dienone is 6. The van der Waals surface area contributed by atoms with Crippen molar-refractivity contribution in [3.8, 4) is 0 Å². The van der Waals surface area contributed by atoms with E-state index >= 15 is 0 Å². The molecule has 1 heterocycles. The Morgan fingerprint density at radius 2 is 1.88 bits per heavy atom. The standard InChI is InChI=1S/C19H30N2O2S/c1-6-18(7-2)19-12-14-21(15-13-19)24(22,23)16-10-8-9-11-17(3)20(4)5/h6-11,19H,1,3,12-16H2,2,4-5H3/b10-8-,11-9+,18-7+. The van der Waals surface area contributed by atoms with Gasteiger partial charge in [-0.25, -0.2) is 12.7 Å². The Kier molecular flexibility index (Phi) is 8.22. The van der Waals surface area contributed by atoms with E-state index in [4.69, 9.17) is 0 Å². The number of hydrogen-bond acceptors (Lipinski definition) is 3. The Bertz CT molecular complexity index is 620. The lowest BCUT2D eigenvalue weighted by atomic mass is 9.90. The van der Waals surface area contributed by atoms with Crippen molar-refractivity contribution in [3.05, 3.63) is 60.9 Å². The highest BCUT2D eigenvalue weighted by molar-refractivity contribution is 7.89. The van der Waals surface area contributed by atoms with Crippen molar-refractivity contribution in [2.75, 3.05) is 32.9 Å². The number of hydrogen-bond donors (Lipinski definition) is 0. The lowest BCUT2D eigenvalue weighted by Gasteiger charge is -2.31. The SMILES string of the molecule is C=C/C(=C\C)C1CCN(S(=O)(=O)C/C=C\C=C\C(=C)N(C)C)CC1. The van der Waals surface area contributed by atoms with E-state index in [0.717, 1.165) is 18.5 Å². The average molecular weight is 351 g/mol. The molecule has 1 fully saturated rings. The maximum atomic E-state index is 12.4. The normalized spacial score (nSPS) is 18.4. The van der Waals surface area contributed by atoms with Gasteiger partial charge in [0.1, 0.15) is 0 Å². The predicted molar refractivity (Wildman–Crippen MR) is 103 cm³/mol. The molecule has 0 aromatic carbocycles. The molecule has 0 amide bonds. The summed E-state index contributed by atoms with van der Waals surface area (Å²) in [6.45, 7) is 10.9. The lowest BCUT2D eigenvalue weighted by Crippen LogP contribution is -2.39. The first-order chi connectivity index (χ1) is 11.3. The van der Waals surface area contributed by atoms with Crippen LogP contribution in [0.4, 0.5) is 0 Å². The third-order valence-corrected chi connectivity index (χ3v) is 6.07. The molecule has 0 spiro atoms. The molecule has 1 rings (SSSR count). The minimum atomic E-state index is -3.23. The fraction of sp³-hybridized carbons (Fsp3) is 0.474. The summed E-state index contributed by atoms with van der Waals surface area (Å²) in [5.41, 5.74) is 2.09. The van der Waals surface area contributed by atoms with Crippen LogP contribution in [-0.4, -0.2) is 50.6 Å². The molecule has 4 nitrogen and oxygen atoms in total. The highest BCUT2D eigenvalue weighted by atomic mass is 32.2. The highest BCUT2D eigenvalue weighted by Crippen LogP contribution is 2.26. The highest BCUT2D eigenvalue weighted by Gasteiger charge is 2.27. The molecule has 0 aromatic heterocycles. The van der Waals surface area contributed by atoms with Crippen LogP contribution >= 0.6 is 0 Å². The first-order valence-electron chi connectivity index (χ1n) is 8.27. The van der Waals surface area contributed by atoms with Crippen LogP contribution < -0.4 is 0 Å². The molecule has 0 bridgehead atoms. The second kappa shape index (κ2) is 9.64. The summed E-state index contributed by atoms with van der Waals surface area (Å²) in [7, 11) is 0.597. The van der Waals surface area contributed by atoms with Crippen molar-refractivity contribution < 1.29 is 8.42 Å². The van der Waals surface area contributed by atoms with Gasteiger partial charge in [0.05, 0.1) is 5.75 Å². The van der Waals surface area contributed by atoms with E-state index in [2.05, 4.69) is 19.2 Å². The van der Waals surface area contributed by atoms with Gasteiger partial charge in [-0.15, -0.1) is 0 Å². The van der Waals surface area contributed by atoms with Crippen LogP contribution in [0.5, 0.6) is 0 Å². The largest absolute Gasteiger partial charge is 0.378 e. The van der Waals surface area contributed by atoms with Crippen molar-refractivity contribution in [2.45, 2.75) is 19.8 Å². The Morgan fingerprint density at radius 3 is 2.38 bits per heavy atom. The van der Waals surface area contributed by atoms with Crippen LogP contribution in [0.2, 0.25) is 0 Å². The molecule has 0 radical (unpaired) electrons. The van der Waals surface area contributed by atoms with Crippen molar-refractivity contribution in [2.24, 2.45) is 5.92 Å². The smallest absolute Gasteiger partial charge is 0.217 e. The minimum Gasteiger partial charge on any atom is -0.378 e. The second-order valence-corrected chi connectivity index (χ2v) is 8.13. The predicted octanol–water partition coefficient (Wildman–Crippen LogP) is 3.35. The van der Waals surface area contributed by atoms with Crippen molar-refractivity contribution >= 4 is 10.0 Å². The number of sulfonamides is 1. The van der Waals surface area contributed by atoms with Gasteiger partial charge in [-0.2, -0.15) is 0 Å². The monoisotopic (exact) mass is 350 g/mol. The van der Waals surface area contributed by atoms with E-state index in [-0.39, 0.29) is 5.75 Å². The molecule has 0 N–H and O–H groups in total. The van der Waals surface area contributed by atoms with Gasteiger partial charge in [0.2, 0.25) is 10.0 Å².